The van der Waals surface area contributed by atoms with Crippen LogP contribution in [0.1, 0.15) is 5.56 Å². The van der Waals surface area contributed by atoms with Gasteiger partial charge < -0.3 is 5.73 Å². The Kier molecular flexibility index (Phi) is 3.65. The molecule has 19 heavy (non-hydrogen) atoms. The number of nitrogens with two attached hydrogens (primary N) is 1. The van der Waals surface area contributed by atoms with Crippen LogP contribution in [0.3, 0.4) is 0 Å². The van der Waals surface area contributed by atoms with Crippen molar-refractivity contribution in [2.24, 2.45) is 0 Å². The lowest BCUT2D eigenvalue weighted by Crippen LogP contribution is -2.06. The van der Waals surface area contributed by atoms with Gasteiger partial charge in [0.15, 0.2) is 0 Å². The maximum Gasteiger partial charge on any atom is 0.416 e. The molecule has 0 aromatic heterocycles. The molecule has 0 aliphatic heterocycles. The third-order valence-corrected chi connectivity index (χ3v) is 3.44. The first kappa shape index (κ1) is 14.0. The summed E-state index contributed by atoms with van der Waals surface area (Å²) in [6.45, 7) is 0. The van der Waals surface area contributed by atoms with Gasteiger partial charge in [-0.2, -0.15) is 13.2 Å². The highest BCUT2D eigenvalue weighted by Gasteiger charge is 2.30. The molecule has 0 saturated heterocycles. The van der Waals surface area contributed by atoms with E-state index in [0.717, 1.165) is 12.1 Å². The smallest absolute Gasteiger partial charge is 0.398 e. The largest absolute Gasteiger partial charge is 0.416 e. The second-order valence-electron chi connectivity index (χ2n) is 3.90. The first-order valence-electron chi connectivity index (χ1n) is 5.22. The van der Waals surface area contributed by atoms with Crippen LogP contribution in [-0.4, -0.2) is 0 Å². The molecule has 0 radical (unpaired) electrons. The van der Waals surface area contributed by atoms with Crippen molar-refractivity contribution < 1.29 is 13.2 Å². The van der Waals surface area contributed by atoms with Gasteiger partial charge in [0.05, 0.1) is 15.6 Å². The molecule has 2 rings (SSSR count). The molecule has 2 aromatic rings. The Balaban J connectivity index is 2.56. The molecule has 0 spiro atoms. The van der Waals surface area contributed by atoms with Crippen molar-refractivity contribution in [3.63, 3.8) is 0 Å². The van der Waals surface area contributed by atoms with Gasteiger partial charge >= 0.3 is 6.18 Å². The Morgan fingerprint density at radius 1 is 0.947 bits per heavy atom. The van der Waals surface area contributed by atoms with Crippen LogP contribution in [-0.2, 0) is 6.18 Å². The fraction of sp³-hybridized carbons (Fsp3) is 0.0769. The molecule has 0 saturated carbocycles. The Morgan fingerprint density at radius 2 is 1.63 bits per heavy atom. The zero-order valence-corrected chi connectivity index (χ0v) is 10.9. The van der Waals surface area contributed by atoms with Gasteiger partial charge in [0.25, 0.3) is 0 Å². The summed E-state index contributed by atoms with van der Waals surface area (Å²) in [5.41, 5.74) is 5.78. The summed E-state index contributed by atoms with van der Waals surface area (Å²) in [5.74, 6) is 0. The highest BCUT2D eigenvalue weighted by atomic mass is 35.5. The van der Waals surface area contributed by atoms with E-state index in [1.807, 2.05) is 0 Å². The second-order valence-corrected chi connectivity index (χ2v) is 4.69. The zero-order valence-electron chi connectivity index (χ0n) is 9.43. The van der Waals surface area contributed by atoms with E-state index < -0.39 is 11.7 Å². The molecule has 0 unspecified atom stereocenters. The summed E-state index contributed by atoms with van der Waals surface area (Å²) in [4.78, 5) is 0. The minimum Gasteiger partial charge on any atom is -0.398 e. The summed E-state index contributed by atoms with van der Waals surface area (Å²) in [5, 5.41) is 0.578. The third kappa shape index (κ3) is 2.80. The summed E-state index contributed by atoms with van der Waals surface area (Å²) in [6, 6.07) is 8.02. The predicted molar refractivity (Wildman–Crippen MR) is 71.3 cm³/mol. The molecule has 0 atom stereocenters. The molecule has 0 fully saturated rings. The van der Waals surface area contributed by atoms with Crippen LogP contribution in [0.15, 0.2) is 36.4 Å². The first-order valence-corrected chi connectivity index (χ1v) is 5.97. The van der Waals surface area contributed by atoms with Crippen molar-refractivity contribution in [3.8, 4) is 11.1 Å². The number of halogens is 5. The number of anilines is 1. The number of alkyl halides is 3. The van der Waals surface area contributed by atoms with Crippen LogP contribution in [0.25, 0.3) is 11.1 Å². The average molecular weight is 306 g/mol. The van der Waals surface area contributed by atoms with Crippen molar-refractivity contribution in [2.45, 2.75) is 6.18 Å². The summed E-state index contributed by atoms with van der Waals surface area (Å²) in [6.07, 6.45) is -4.43. The van der Waals surface area contributed by atoms with Crippen molar-refractivity contribution >= 4 is 28.9 Å². The third-order valence-electron chi connectivity index (χ3n) is 2.62. The quantitative estimate of drug-likeness (QED) is 0.714. The van der Waals surface area contributed by atoms with E-state index in [9.17, 15) is 13.2 Å². The fourth-order valence-electron chi connectivity index (χ4n) is 1.70. The van der Waals surface area contributed by atoms with Gasteiger partial charge in [-0.1, -0.05) is 41.4 Å². The molecular weight excluding hydrogens is 298 g/mol. The Bertz CT molecular complexity index is 624. The van der Waals surface area contributed by atoms with E-state index >= 15 is 0 Å². The van der Waals surface area contributed by atoms with Crippen LogP contribution in [0.5, 0.6) is 0 Å². The van der Waals surface area contributed by atoms with Crippen LogP contribution >= 0.6 is 23.2 Å². The van der Waals surface area contributed by atoms with E-state index in [1.165, 1.54) is 6.07 Å². The summed E-state index contributed by atoms with van der Waals surface area (Å²) in [7, 11) is 0. The Labute approximate surface area is 117 Å². The molecule has 2 aromatic carbocycles. The number of rotatable bonds is 1. The highest BCUT2D eigenvalue weighted by molar-refractivity contribution is 6.43. The van der Waals surface area contributed by atoms with Gasteiger partial charge in [0.2, 0.25) is 0 Å². The van der Waals surface area contributed by atoms with Gasteiger partial charge in [-0.05, 0) is 18.2 Å². The number of nitrogen functional groups attached to an aromatic ring is 1. The lowest BCUT2D eigenvalue weighted by Gasteiger charge is -2.12. The summed E-state index contributed by atoms with van der Waals surface area (Å²) >= 11 is 11.9. The van der Waals surface area contributed by atoms with E-state index in [1.54, 1.807) is 18.2 Å². The molecule has 0 amide bonds. The molecule has 2 N–H and O–H groups in total. The van der Waals surface area contributed by atoms with Gasteiger partial charge in [-0.25, -0.2) is 0 Å². The Morgan fingerprint density at radius 3 is 2.21 bits per heavy atom. The predicted octanol–water partition coefficient (Wildman–Crippen LogP) is 5.26. The normalized spacial score (nSPS) is 11.6. The number of hydrogen-bond acceptors (Lipinski definition) is 1. The monoisotopic (exact) mass is 305 g/mol. The summed E-state index contributed by atoms with van der Waals surface area (Å²) < 4.78 is 37.6. The van der Waals surface area contributed by atoms with Crippen LogP contribution < -0.4 is 5.73 Å². The van der Waals surface area contributed by atoms with Gasteiger partial charge in [0, 0.05) is 16.8 Å². The molecule has 6 heteroatoms. The lowest BCUT2D eigenvalue weighted by molar-refractivity contribution is -0.137. The minimum atomic E-state index is -4.43. The van der Waals surface area contributed by atoms with Crippen LogP contribution in [0.4, 0.5) is 18.9 Å². The molecule has 0 heterocycles. The van der Waals surface area contributed by atoms with E-state index in [-0.39, 0.29) is 10.7 Å². The van der Waals surface area contributed by atoms with Crippen molar-refractivity contribution in [2.75, 3.05) is 5.73 Å². The van der Waals surface area contributed by atoms with E-state index in [4.69, 9.17) is 28.9 Å². The maximum absolute atomic E-state index is 12.5. The fourth-order valence-corrected chi connectivity index (χ4v) is 2.10. The number of hydrogen-bond donors (Lipinski definition) is 1. The highest BCUT2D eigenvalue weighted by Crippen LogP contribution is 2.38. The molecule has 1 nitrogen and oxygen atoms in total. The standard InChI is InChI=1S/C13H8Cl2F3N/c14-10-3-1-2-9(12(10)15)8-5-4-7(6-11(8)19)13(16,17)18/h1-6H,19H2. The second kappa shape index (κ2) is 4.94. The van der Waals surface area contributed by atoms with Crippen molar-refractivity contribution in [1.82, 2.24) is 0 Å². The van der Waals surface area contributed by atoms with Gasteiger partial charge in [0.1, 0.15) is 0 Å². The van der Waals surface area contributed by atoms with Crippen LogP contribution in [0.2, 0.25) is 10.0 Å². The van der Waals surface area contributed by atoms with E-state index in [2.05, 4.69) is 0 Å². The average Bonchev–Trinajstić information content (AvgIpc) is 2.32. The van der Waals surface area contributed by atoms with Crippen molar-refractivity contribution in [3.05, 3.63) is 52.0 Å². The maximum atomic E-state index is 12.5. The zero-order chi connectivity index (χ0) is 14.2. The molecule has 0 aliphatic carbocycles. The van der Waals surface area contributed by atoms with Gasteiger partial charge in [-0.3, -0.25) is 0 Å². The SMILES string of the molecule is Nc1cc(C(F)(F)F)ccc1-c1cccc(Cl)c1Cl. The van der Waals surface area contributed by atoms with Gasteiger partial charge in [-0.15, -0.1) is 0 Å². The van der Waals surface area contributed by atoms with Crippen LogP contribution in [0, 0.1) is 0 Å². The Hall–Kier alpha value is -1.39. The number of benzene rings is 2. The molecule has 0 aliphatic rings. The molecular formula is C13H8Cl2F3N. The van der Waals surface area contributed by atoms with Crippen molar-refractivity contribution in [1.29, 1.82) is 0 Å². The van der Waals surface area contributed by atoms with E-state index in [0.29, 0.717) is 16.1 Å². The topological polar surface area (TPSA) is 26.0 Å². The molecule has 0 bridgehead atoms. The first-order chi connectivity index (χ1) is 8.80. The minimum absolute atomic E-state index is 0.000934. The molecule has 100 valence electrons. The lowest BCUT2D eigenvalue weighted by atomic mass is 10.0.